The number of aliphatic hydroxyl groups excluding tert-OH is 1. The summed E-state index contributed by atoms with van der Waals surface area (Å²) in [6.07, 6.45) is 3.08. The fraction of sp³-hybridized carbons (Fsp3) is 0.154. The molecule has 1 fully saturated rings. The molecule has 174 valence electrons. The van der Waals surface area contributed by atoms with Gasteiger partial charge in [-0.15, -0.1) is 0 Å². The number of ether oxygens (including phenoxy) is 2. The molecular weight excluding hydrogens is 438 g/mol. The Kier molecular flexibility index (Phi) is 6.40. The van der Waals surface area contributed by atoms with Crippen molar-refractivity contribution in [3.05, 3.63) is 96.0 Å². The van der Waals surface area contributed by atoms with E-state index in [0.29, 0.717) is 29.2 Å². The first-order chi connectivity index (χ1) is 16.4. The smallest absolute Gasteiger partial charge is 0.296 e. The Morgan fingerprint density at radius 3 is 2.59 bits per heavy atom. The third-order valence-electron chi connectivity index (χ3n) is 5.46. The van der Waals surface area contributed by atoms with Crippen molar-refractivity contribution in [1.82, 2.24) is 4.90 Å². The molecule has 0 aliphatic carbocycles. The first-order valence-corrected chi connectivity index (χ1v) is 10.5. The molecular formula is C26H23NO7. The minimum Gasteiger partial charge on any atom is -0.507 e. The zero-order chi connectivity index (χ0) is 24.2. The van der Waals surface area contributed by atoms with Gasteiger partial charge in [-0.1, -0.05) is 18.7 Å². The van der Waals surface area contributed by atoms with Crippen LogP contribution in [0.4, 0.5) is 0 Å². The van der Waals surface area contributed by atoms with Crippen molar-refractivity contribution in [3.8, 4) is 17.2 Å². The minimum absolute atomic E-state index is 0.0105. The van der Waals surface area contributed by atoms with Gasteiger partial charge >= 0.3 is 0 Å². The van der Waals surface area contributed by atoms with E-state index in [1.165, 1.54) is 30.4 Å². The van der Waals surface area contributed by atoms with Crippen LogP contribution in [0.15, 0.2) is 83.5 Å². The maximum Gasteiger partial charge on any atom is 0.296 e. The molecule has 2 N–H and O–H groups in total. The first kappa shape index (κ1) is 22.7. The number of phenolic OH excluding ortho intramolecular Hbond substituents is 1. The molecule has 0 spiro atoms. The average Bonchev–Trinajstić information content (AvgIpc) is 3.45. The van der Waals surface area contributed by atoms with E-state index < -0.39 is 17.7 Å². The summed E-state index contributed by atoms with van der Waals surface area (Å²) < 4.78 is 16.1. The van der Waals surface area contributed by atoms with Crippen LogP contribution < -0.4 is 9.47 Å². The molecule has 2 heterocycles. The lowest BCUT2D eigenvalue weighted by molar-refractivity contribution is -0.140. The molecule has 8 nitrogen and oxygen atoms in total. The number of furan rings is 1. The first-order valence-electron chi connectivity index (χ1n) is 10.5. The molecule has 4 rings (SSSR count). The quantitative estimate of drug-likeness (QED) is 0.224. The van der Waals surface area contributed by atoms with E-state index in [9.17, 15) is 19.8 Å². The summed E-state index contributed by atoms with van der Waals surface area (Å²) in [5, 5.41) is 21.2. The fourth-order valence-corrected chi connectivity index (χ4v) is 3.84. The molecule has 0 saturated carbocycles. The number of Topliss-reactive ketones (excluding diaryl/α,β-unsaturated/α-hetero) is 1. The molecule has 0 radical (unpaired) electrons. The van der Waals surface area contributed by atoms with Gasteiger partial charge in [0.05, 0.1) is 31.5 Å². The third kappa shape index (κ3) is 4.25. The van der Waals surface area contributed by atoms with Crippen molar-refractivity contribution in [3.63, 3.8) is 0 Å². The van der Waals surface area contributed by atoms with Gasteiger partial charge in [-0.05, 0) is 54.1 Å². The van der Waals surface area contributed by atoms with Gasteiger partial charge in [0.15, 0.2) is 11.5 Å². The van der Waals surface area contributed by atoms with E-state index in [-0.39, 0.29) is 29.4 Å². The summed E-state index contributed by atoms with van der Waals surface area (Å²) >= 11 is 0. The Morgan fingerprint density at radius 1 is 1.18 bits per heavy atom. The predicted molar refractivity (Wildman–Crippen MR) is 123 cm³/mol. The number of hydrogen-bond acceptors (Lipinski definition) is 7. The average molecular weight is 461 g/mol. The van der Waals surface area contributed by atoms with Crippen molar-refractivity contribution in [2.24, 2.45) is 0 Å². The van der Waals surface area contributed by atoms with E-state index in [1.54, 1.807) is 48.5 Å². The lowest BCUT2D eigenvalue weighted by Gasteiger charge is -2.25. The molecule has 1 saturated heterocycles. The molecule has 0 bridgehead atoms. The van der Waals surface area contributed by atoms with Gasteiger partial charge in [-0.2, -0.15) is 0 Å². The van der Waals surface area contributed by atoms with Crippen molar-refractivity contribution in [1.29, 1.82) is 0 Å². The van der Waals surface area contributed by atoms with E-state index in [1.807, 2.05) is 0 Å². The number of aromatic hydroxyl groups is 1. The second-order valence-electron chi connectivity index (χ2n) is 7.56. The van der Waals surface area contributed by atoms with Crippen molar-refractivity contribution in [2.45, 2.75) is 12.6 Å². The zero-order valence-corrected chi connectivity index (χ0v) is 18.4. The van der Waals surface area contributed by atoms with Crippen LogP contribution in [0.2, 0.25) is 0 Å². The number of hydrogen-bond donors (Lipinski definition) is 2. The number of benzene rings is 2. The summed E-state index contributed by atoms with van der Waals surface area (Å²) in [4.78, 5) is 27.5. The maximum atomic E-state index is 13.1. The number of rotatable bonds is 8. The van der Waals surface area contributed by atoms with Crippen LogP contribution in [0.3, 0.4) is 0 Å². The predicted octanol–water partition coefficient (Wildman–Crippen LogP) is 4.18. The number of carbonyl (C=O) groups excluding carboxylic acids is 2. The van der Waals surface area contributed by atoms with Gasteiger partial charge in [0, 0.05) is 5.56 Å². The summed E-state index contributed by atoms with van der Waals surface area (Å²) in [5.74, 6) is -0.813. The maximum absolute atomic E-state index is 13.1. The highest BCUT2D eigenvalue weighted by atomic mass is 16.5. The summed E-state index contributed by atoms with van der Waals surface area (Å²) in [5.41, 5.74) is 0.745. The lowest BCUT2D eigenvalue weighted by Crippen LogP contribution is -2.29. The number of aliphatic hydroxyl groups is 1. The Hall–Kier alpha value is -4.46. The number of nitrogens with zero attached hydrogens (tertiary/aromatic N) is 1. The van der Waals surface area contributed by atoms with Crippen LogP contribution in [0, 0.1) is 0 Å². The van der Waals surface area contributed by atoms with Crippen LogP contribution in [0.25, 0.3) is 5.76 Å². The molecule has 1 amide bonds. The molecule has 34 heavy (non-hydrogen) atoms. The number of phenols is 1. The summed E-state index contributed by atoms with van der Waals surface area (Å²) in [6.45, 7) is 3.94. The highest BCUT2D eigenvalue weighted by Gasteiger charge is 2.46. The van der Waals surface area contributed by atoms with E-state index in [4.69, 9.17) is 13.9 Å². The van der Waals surface area contributed by atoms with Crippen LogP contribution in [0.1, 0.15) is 22.9 Å². The van der Waals surface area contributed by atoms with Gasteiger partial charge < -0.3 is 29.0 Å². The summed E-state index contributed by atoms with van der Waals surface area (Å²) in [6, 6.07) is 13.4. The molecule has 3 aromatic rings. The number of likely N-dealkylation sites (tertiary alicyclic amines) is 1. The third-order valence-corrected chi connectivity index (χ3v) is 5.46. The SMILES string of the molecule is C=CCOc1ccc(/C(O)=C2/C(=O)C(=O)N(Cc3ccco3)C2c2ccc(O)c(OC)c2)cc1. The second kappa shape index (κ2) is 9.58. The molecule has 8 heteroatoms. The Morgan fingerprint density at radius 2 is 1.94 bits per heavy atom. The molecule has 1 aliphatic heterocycles. The Balaban J connectivity index is 1.82. The van der Waals surface area contributed by atoms with Gasteiger partial charge in [0.25, 0.3) is 11.7 Å². The van der Waals surface area contributed by atoms with Gasteiger partial charge in [-0.3, -0.25) is 9.59 Å². The van der Waals surface area contributed by atoms with Crippen LogP contribution in [-0.4, -0.2) is 40.5 Å². The largest absolute Gasteiger partial charge is 0.507 e. The van der Waals surface area contributed by atoms with Crippen molar-refractivity contribution in [2.75, 3.05) is 13.7 Å². The number of amides is 1. The number of methoxy groups -OCH3 is 1. The molecule has 1 aliphatic rings. The standard InChI is InChI=1S/C26H23NO7/c1-3-12-33-18-9-6-16(7-10-18)24(29)22-23(17-8-11-20(28)21(14-17)32-2)27(26(31)25(22)30)15-19-5-4-13-34-19/h3-11,13-14,23,28-29H,1,12,15H2,2H3/b24-22-. The monoisotopic (exact) mass is 461 g/mol. The minimum atomic E-state index is -0.934. The van der Waals surface area contributed by atoms with E-state index in [0.717, 1.165) is 0 Å². The topological polar surface area (TPSA) is 109 Å². The Labute approximate surface area is 196 Å². The summed E-state index contributed by atoms with van der Waals surface area (Å²) in [7, 11) is 1.40. The van der Waals surface area contributed by atoms with E-state index >= 15 is 0 Å². The normalized spacial score (nSPS) is 17.1. The highest BCUT2D eigenvalue weighted by Crippen LogP contribution is 2.42. The van der Waals surface area contributed by atoms with Crippen LogP contribution >= 0.6 is 0 Å². The number of ketones is 1. The molecule has 1 unspecified atom stereocenters. The van der Waals surface area contributed by atoms with Gasteiger partial charge in [0.1, 0.15) is 23.9 Å². The Bertz CT molecular complexity index is 1240. The number of carbonyl (C=O) groups is 2. The molecule has 2 aromatic carbocycles. The van der Waals surface area contributed by atoms with Crippen LogP contribution in [0.5, 0.6) is 17.2 Å². The zero-order valence-electron chi connectivity index (χ0n) is 18.4. The molecule has 1 aromatic heterocycles. The van der Waals surface area contributed by atoms with Gasteiger partial charge in [0.2, 0.25) is 0 Å². The highest BCUT2D eigenvalue weighted by molar-refractivity contribution is 6.46. The second-order valence-corrected chi connectivity index (χ2v) is 7.56. The van der Waals surface area contributed by atoms with Gasteiger partial charge in [-0.25, -0.2) is 0 Å². The van der Waals surface area contributed by atoms with Crippen LogP contribution in [-0.2, 0) is 16.1 Å². The molecule has 1 atom stereocenters. The van der Waals surface area contributed by atoms with E-state index in [2.05, 4.69) is 6.58 Å². The van der Waals surface area contributed by atoms with Crippen molar-refractivity contribution >= 4 is 17.4 Å². The van der Waals surface area contributed by atoms with Crippen molar-refractivity contribution < 1.29 is 33.7 Å². The lowest BCUT2D eigenvalue weighted by atomic mass is 9.95. The fourth-order valence-electron chi connectivity index (χ4n) is 3.84.